The van der Waals surface area contributed by atoms with E-state index in [-0.39, 0.29) is 18.0 Å². The van der Waals surface area contributed by atoms with Gasteiger partial charge in [-0.05, 0) is 64.5 Å². The lowest BCUT2D eigenvalue weighted by Crippen LogP contribution is -2.15. The Morgan fingerprint density at radius 3 is 2.65 bits per heavy atom. The molecule has 0 amide bonds. The summed E-state index contributed by atoms with van der Waals surface area (Å²) >= 11 is 0. The summed E-state index contributed by atoms with van der Waals surface area (Å²) in [6, 6.07) is 0. The summed E-state index contributed by atoms with van der Waals surface area (Å²) in [6.07, 6.45) is 9.95. The molecular weight excluding hydrogens is 288 g/mol. The highest BCUT2D eigenvalue weighted by atomic mass is 16.5. The van der Waals surface area contributed by atoms with Crippen molar-refractivity contribution < 1.29 is 14.6 Å². The summed E-state index contributed by atoms with van der Waals surface area (Å²) in [7, 11) is 0. The number of hydrogen-bond donors (Lipinski definition) is 1. The third-order valence-electron chi connectivity index (χ3n) is 4.86. The molecule has 1 aliphatic carbocycles. The number of aliphatic hydroxyl groups excluding tert-OH is 1. The van der Waals surface area contributed by atoms with Crippen LogP contribution in [0.3, 0.4) is 0 Å². The first-order valence-corrected chi connectivity index (χ1v) is 8.46. The number of ether oxygens (including phenoxy) is 1. The van der Waals surface area contributed by atoms with Crippen LogP contribution in [0.25, 0.3) is 0 Å². The Kier molecular flexibility index (Phi) is 6.00. The van der Waals surface area contributed by atoms with Gasteiger partial charge in [0.2, 0.25) is 0 Å². The molecule has 1 N–H and O–H groups in total. The molecule has 0 spiro atoms. The minimum Gasteiger partial charge on any atom is -0.454 e. The average molecular weight is 316 g/mol. The molecule has 1 fully saturated rings. The van der Waals surface area contributed by atoms with Crippen molar-refractivity contribution in [1.29, 1.82) is 0 Å². The number of carbonyl (C=O) groups is 1. The van der Waals surface area contributed by atoms with E-state index >= 15 is 0 Å². The fourth-order valence-corrected chi connectivity index (χ4v) is 3.11. The SMILES string of the molecule is C=C1C(=O)O[C@H]2/C=C(\C)CC/C=C(\C)CC[C@H](O)/C(C)=C/C[C@@H]12. The van der Waals surface area contributed by atoms with Gasteiger partial charge >= 0.3 is 5.97 Å². The standard InChI is InChI=1S/C20H28O3/c1-13-6-5-7-14(2)12-19-17(16(4)20(22)23-19)10-9-15(3)18(21)11-8-13/h6,9,12,17-19,21H,4-5,7-8,10-11H2,1-3H3/b13-6+,14-12+,15-9+/t17-,18-,19-/m0/s1. The van der Waals surface area contributed by atoms with Crippen LogP contribution in [0.15, 0.2) is 47.1 Å². The van der Waals surface area contributed by atoms with E-state index in [0.29, 0.717) is 12.0 Å². The predicted octanol–water partition coefficient (Wildman–Crippen LogP) is 4.25. The fourth-order valence-electron chi connectivity index (χ4n) is 3.11. The lowest BCUT2D eigenvalue weighted by molar-refractivity contribution is -0.137. The molecule has 0 bridgehead atoms. The number of esters is 1. The van der Waals surface area contributed by atoms with E-state index in [1.165, 1.54) is 11.1 Å². The molecule has 126 valence electrons. The summed E-state index contributed by atoms with van der Waals surface area (Å²) in [5, 5.41) is 10.3. The predicted molar refractivity (Wildman–Crippen MR) is 92.9 cm³/mol. The first kappa shape index (κ1) is 17.7. The van der Waals surface area contributed by atoms with Crippen molar-refractivity contribution in [2.24, 2.45) is 5.92 Å². The van der Waals surface area contributed by atoms with Gasteiger partial charge in [0.25, 0.3) is 0 Å². The number of hydrogen-bond acceptors (Lipinski definition) is 3. The van der Waals surface area contributed by atoms with Gasteiger partial charge in [-0.1, -0.05) is 29.9 Å². The molecule has 0 radical (unpaired) electrons. The van der Waals surface area contributed by atoms with Crippen LogP contribution in [-0.2, 0) is 9.53 Å². The lowest BCUT2D eigenvalue weighted by Gasteiger charge is -2.17. The molecule has 3 atom stereocenters. The summed E-state index contributed by atoms with van der Waals surface area (Å²) in [6.45, 7) is 10.1. The molecule has 1 aliphatic heterocycles. The van der Waals surface area contributed by atoms with E-state index in [0.717, 1.165) is 31.3 Å². The molecule has 3 nitrogen and oxygen atoms in total. The zero-order chi connectivity index (χ0) is 17.0. The summed E-state index contributed by atoms with van der Waals surface area (Å²) < 4.78 is 5.47. The van der Waals surface area contributed by atoms with Crippen LogP contribution < -0.4 is 0 Å². The van der Waals surface area contributed by atoms with E-state index in [9.17, 15) is 9.90 Å². The van der Waals surface area contributed by atoms with E-state index in [1.807, 2.05) is 13.0 Å². The second-order valence-corrected chi connectivity index (χ2v) is 6.84. The topological polar surface area (TPSA) is 46.5 Å². The third-order valence-corrected chi connectivity index (χ3v) is 4.86. The quantitative estimate of drug-likeness (QED) is 0.413. The minimum absolute atomic E-state index is 0.0279. The molecule has 1 heterocycles. The lowest BCUT2D eigenvalue weighted by atomic mass is 9.90. The Bertz CT molecular complexity index is 565. The van der Waals surface area contributed by atoms with E-state index in [2.05, 4.69) is 32.6 Å². The molecule has 1 saturated heterocycles. The summed E-state index contributed by atoms with van der Waals surface area (Å²) in [5.41, 5.74) is 4.06. The summed E-state index contributed by atoms with van der Waals surface area (Å²) in [5.74, 6) is -0.324. The Morgan fingerprint density at radius 1 is 1.17 bits per heavy atom. The minimum atomic E-state index is -0.427. The number of rotatable bonds is 0. The van der Waals surface area contributed by atoms with E-state index in [4.69, 9.17) is 4.74 Å². The second-order valence-electron chi connectivity index (χ2n) is 6.84. The van der Waals surface area contributed by atoms with Gasteiger partial charge in [0, 0.05) is 11.5 Å². The fraction of sp³-hybridized carbons (Fsp3) is 0.550. The third kappa shape index (κ3) is 4.68. The van der Waals surface area contributed by atoms with Crippen LogP contribution in [0.1, 0.15) is 52.9 Å². The van der Waals surface area contributed by atoms with Crippen molar-refractivity contribution in [3.8, 4) is 0 Å². The monoisotopic (exact) mass is 316 g/mol. The van der Waals surface area contributed by atoms with Crippen LogP contribution in [0.5, 0.6) is 0 Å². The molecule has 3 heteroatoms. The molecule has 0 saturated carbocycles. The van der Waals surface area contributed by atoms with Gasteiger partial charge in [0.1, 0.15) is 6.10 Å². The first-order valence-electron chi connectivity index (χ1n) is 8.46. The molecular formula is C20H28O3. The number of allylic oxidation sites excluding steroid dienone is 4. The zero-order valence-corrected chi connectivity index (χ0v) is 14.5. The molecule has 2 aliphatic rings. The summed E-state index contributed by atoms with van der Waals surface area (Å²) in [4.78, 5) is 11.8. The second kappa shape index (κ2) is 7.78. The molecule has 23 heavy (non-hydrogen) atoms. The highest BCUT2D eigenvalue weighted by Gasteiger charge is 2.36. The van der Waals surface area contributed by atoms with Crippen molar-refractivity contribution in [2.45, 2.75) is 65.1 Å². The van der Waals surface area contributed by atoms with Gasteiger partial charge in [0.05, 0.1) is 6.10 Å². The van der Waals surface area contributed by atoms with Gasteiger partial charge in [-0.3, -0.25) is 0 Å². The van der Waals surface area contributed by atoms with Gasteiger partial charge in [-0.15, -0.1) is 0 Å². The highest BCUT2D eigenvalue weighted by molar-refractivity contribution is 5.91. The Hall–Kier alpha value is -1.61. The maximum Gasteiger partial charge on any atom is 0.334 e. The largest absolute Gasteiger partial charge is 0.454 e. The Morgan fingerprint density at radius 2 is 1.91 bits per heavy atom. The van der Waals surface area contributed by atoms with Crippen molar-refractivity contribution in [1.82, 2.24) is 0 Å². The molecule has 0 aromatic carbocycles. The maximum absolute atomic E-state index is 11.8. The normalized spacial score (nSPS) is 37.4. The molecule has 0 aromatic rings. The van der Waals surface area contributed by atoms with Crippen LogP contribution in [-0.4, -0.2) is 23.3 Å². The van der Waals surface area contributed by atoms with Gasteiger partial charge < -0.3 is 9.84 Å². The van der Waals surface area contributed by atoms with E-state index in [1.54, 1.807) is 0 Å². The van der Waals surface area contributed by atoms with Crippen molar-refractivity contribution in [2.75, 3.05) is 0 Å². The van der Waals surface area contributed by atoms with Crippen LogP contribution in [0.4, 0.5) is 0 Å². The molecule has 2 rings (SSSR count). The van der Waals surface area contributed by atoms with Crippen LogP contribution in [0.2, 0.25) is 0 Å². The van der Waals surface area contributed by atoms with Crippen LogP contribution >= 0.6 is 0 Å². The van der Waals surface area contributed by atoms with Crippen molar-refractivity contribution in [3.63, 3.8) is 0 Å². The number of carbonyl (C=O) groups excluding carboxylic acids is 1. The van der Waals surface area contributed by atoms with Gasteiger partial charge in [0.15, 0.2) is 0 Å². The average Bonchev–Trinajstić information content (AvgIpc) is 2.76. The van der Waals surface area contributed by atoms with Crippen molar-refractivity contribution in [3.05, 3.63) is 47.1 Å². The Balaban J connectivity index is 2.26. The van der Waals surface area contributed by atoms with Crippen molar-refractivity contribution >= 4 is 5.97 Å². The van der Waals surface area contributed by atoms with Gasteiger partial charge in [-0.25, -0.2) is 4.79 Å². The Labute approximate surface area is 139 Å². The maximum atomic E-state index is 11.8. The smallest absolute Gasteiger partial charge is 0.334 e. The van der Waals surface area contributed by atoms with Gasteiger partial charge in [-0.2, -0.15) is 0 Å². The van der Waals surface area contributed by atoms with Crippen LogP contribution in [0, 0.1) is 5.92 Å². The molecule has 0 unspecified atom stereocenters. The number of aliphatic hydroxyl groups is 1. The van der Waals surface area contributed by atoms with E-state index < -0.39 is 6.10 Å². The zero-order valence-electron chi connectivity index (χ0n) is 14.5. The highest BCUT2D eigenvalue weighted by Crippen LogP contribution is 2.32. The molecule has 0 aromatic heterocycles. The number of fused-ring (bicyclic) bond motifs is 1. The first-order chi connectivity index (χ1) is 10.9.